The summed E-state index contributed by atoms with van der Waals surface area (Å²) in [6.45, 7) is 4.15. The molecule has 0 fully saturated rings. The van der Waals surface area contributed by atoms with Gasteiger partial charge in [0, 0.05) is 148 Å². The van der Waals surface area contributed by atoms with Crippen LogP contribution in [-0.2, 0) is 64.0 Å². The topological polar surface area (TPSA) is 170 Å². The van der Waals surface area contributed by atoms with E-state index in [-0.39, 0.29) is 42.1 Å². The van der Waals surface area contributed by atoms with Gasteiger partial charge in [0.05, 0.1) is 61.9 Å². The first-order valence-electron chi connectivity index (χ1n) is 28.2. The van der Waals surface area contributed by atoms with Gasteiger partial charge >= 0.3 is 0 Å². The van der Waals surface area contributed by atoms with E-state index >= 15 is 0 Å². The van der Waals surface area contributed by atoms with E-state index in [0.717, 1.165) is 124 Å². The molecule has 0 saturated heterocycles. The van der Waals surface area contributed by atoms with Gasteiger partial charge in [0.1, 0.15) is 5.54 Å². The van der Waals surface area contributed by atoms with Crippen molar-refractivity contribution in [2.75, 3.05) is 14.1 Å². The van der Waals surface area contributed by atoms with Crippen molar-refractivity contribution in [2.45, 2.75) is 21.9 Å². The van der Waals surface area contributed by atoms with Gasteiger partial charge in [-0.2, -0.15) is 74.3 Å². The van der Waals surface area contributed by atoms with Crippen molar-refractivity contribution in [1.82, 2.24) is 79.9 Å². The summed E-state index contributed by atoms with van der Waals surface area (Å²) in [7, 11) is 4.04. The van der Waals surface area contributed by atoms with Crippen molar-refractivity contribution < 1.29 is 42.1 Å². The Morgan fingerprint density at radius 1 is 0.364 bits per heavy atom. The van der Waals surface area contributed by atoms with E-state index in [1.54, 1.807) is 12.4 Å². The third-order valence-corrected chi connectivity index (χ3v) is 17.6. The molecule has 2 aromatic carbocycles. The van der Waals surface area contributed by atoms with Crippen LogP contribution >= 0.6 is 0 Å². The molecule has 18 rings (SSSR count). The van der Waals surface area contributed by atoms with E-state index in [2.05, 4.69) is 153 Å². The number of rotatable bonds is 8. The molecule has 4 aliphatic carbocycles. The summed E-state index contributed by atoms with van der Waals surface area (Å²) in [5.41, 5.74) is 17.2. The molecule has 88 heavy (non-hydrogen) atoms. The first-order valence-corrected chi connectivity index (χ1v) is 28.2. The molecular weight excluding hydrogens is 1460 g/mol. The Morgan fingerprint density at radius 2 is 0.716 bits per heavy atom. The van der Waals surface area contributed by atoms with Crippen molar-refractivity contribution in [3.8, 4) is 44.5 Å². The molecule has 0 radical (unpaired) electrons. The fourth-order valence-corrected chi connectivity index (χ4v) is 14.3. The van der Waals surface area contributed by atoms with Gasteiger partial charge in [0.25, 0.3) is 0 Å². The Bertz CT molecular complexity index is 4540. The predicted octanol–water partition coefficient (Wildman–Crippen LogP) is 9.78. The Morgan fingerprint density at radius 3 is 1.07 bits per heavy atom. The van der Waals surface area contributed by atoms with Crippen LogP contribution in [0, 0.1) is 25.5 Å². The van der Waals surface area contributed by atoms with Gasteiger partial charge in [-0.1, -0.05) is 60.7 Å². The van der Waals surface area contributed by atoms with Crippen LogP contribution in [0.15, 0.2) is 232 Å². The van der Waals surface area contributed by atoms with Crippen LogP contribution in [0.4, 0.5) is 0 Å². The normalized spacial score (nSPS) is 16.2. The number of aromatic nitrogens is 12. The van der Waals surface area contributed by atoms with Crippen LogP contribution in [-0.4, -0.2) is 83.8 Å². The predicted molar refractivity (Wildman–Crippen MR) is 319 cm³/mol. The molecule has 2 aliphatic heterocycles. The molecule has 432 valence electrons. The second kappa shape index (κ2) is 20.9. The van der Waals surface area contributed by atoms with Crippen LogP contribution in [0.1, 0.15) is 79.2 Å². The molecule has 16 nitrogen and oxygen atoms in total. The third kappa shape index (κ3) is 7.33. The second-order valence-electron chi connectivity index (χ2n) is 21.9. The average molecular weight is 1500 g/mol. The molecule has 0 spiro atoms. The van der Waals surface area contributed by atoms with E-state index in [9.17, 15) is 0 Å². The molecule has 12 aromatic rings. The van der Waals surface area contributed by atoms with Crippen LogP contribution < -0.4 is 10.2 Å². The van der Waals surface area contributed by atoms with Gasteiger partial charge in [-0.15, -0.1) is 22.3 Å². The van der Waals surface area contributed by atoms with Gasteiger partial charge < -0.3 is 40.0 Å². The van der Waals surface area contributed by atoms with E-state index in [1.165, 1.54) is 0 Å². The molecule has 6 aliphatic rings. The number of hydrogen-bond acceptors (Lipinski definition) is 14. The minimum Gasteiger partial charge on any atom is -0.581 e. The Labute approximate surface area is 535 Å². The minimum absolute atomic E-state index is 0. The minimum atomic E-state index is -0.916. The molecule has 18 heteroatoms. The van der Waals surface area contributed by atoms with E-state index in [4.69, 9.17) is 39.9 Å². The van der Waals surface area contributed by atoms with Gasteiger partial charge in [0.15, 0.2) is 0 Å². The van der Waals surface area contributed by atoms with Gasteiger partial charge in [-0.05, 0) is 87.4 Å². The molecule has 0 atom stereocenters. The maximum Gasteiger partial charge on any atom is 0.103 e. The van der Waals surface area contributed by atoms with Crippen molar-refractivity contribution in [2.24, 2.45) is 0 Å². The van der Waals surface area contributed by atoms with Gasteiger partial charge in [-0.25, -0.2) is 0 Å². The molecule has 0 saturated carbocycles. The summed E-state index contributed by atoms with van der Waals surface area (Å²) in [5.74, 6) is 0. The second-order valence-corrected chi connectivity index (χ2v) is 21.9. The summed E-state index contributed by atoms with van der Waals surface area (Å²) >= 11 is 0. The van der Waals surface area contributed by atoms with E-state index < -0.39 is 21.9 Å². The maximum absolute atomic E-state index is 5.02. The average Bonchev–Trinajstić information content (AvgIpc) is 1.68. The monoisotopic (exact) mass is 1500 g/mol. The largest absolute Gasteiger partial charge is 0.581 e. The zero-order chi connectivity index (χ0) is 57.2. The molecule has 0 unspecified atom stereocenters. The zero-order valence-corrected chi connectivity index (χ0v) is 51.4. The summed E-state index contributed by atoms with van der Waals surface area (Å²) in [6, 6.07) is 56.8. The SMILES string of the molecule is CN1C=CN(C2(c3[c-]c(C4(c5cc[n-]n5)c5ncccc5-c5cccnc54)ccc3)c3ncccc3-c3cccnc32)[CH-]1.CN1C=CN(C2(c3c[c-]c(C4(c5cc[n-]n5)c5ncccc5-c5cccnc54)cc3)c3ncccc3-c3cccnc32)[CH-]1.[Pt].[Pt]. The zero-order valence-electron chi connectivity index (χ0n) is 46.9. The van der Waals surface area contributed by atoms with Crippen molar-refractivity contribution in [1.29, 1.82) is 0 Å². The molecule has 0 amide bonds. The fraction of sp³-hybridized carbons (Fsp3) is 0.0857. The van der Waals surface area contributed by atoms with E-state index in [0.29, 0.717) is 0 Å². The summed E-state index contributed by atoms with van der Waals surface area (Å²) in [6.07, 6.45) is 26.4. The number of pyridine rings is 8. The number of benzene rings is 2. The van der Waals surface area contributed by atoms with Crippen LogP contribution in [0.2, 0.25) is 0 Å². The van der Waals surface area contributed by atoms with Crippen molar-refractivity contribution >= 4 is 0 Å². The molecule has 0 bridgehead atoms. The van der Waals surface area contributed by atoms with E-state index in [1.807, 2.05) is 147 Å². The smallest absolute Gasteiger partial charge is 0.103 e. The van der Waals surface area contributed by atoms with Gasteiger partial charge in [0.2, 0.25) is 0 Å². The summed E-state index contributed by atoms with van der Waals surface area (Å²) in [5, 5.41) is 17.7. The molecule has 10 aromatic heterocycles. The fourth-order valence-electron chi connectivity index (χ4n) is 14.3. The van der Waals surface area contributed by atoms with Gasteiger partial charge in [-0.3, -0.25) is 39.9 Å². The number of nitrogens with zero attached hydrogens (tertiary/aromatic N) is 16. The standard InChI is InChI=1S/2C35H23N8.2Pt/c1-42-19-20-43(22-42)35(32-27(11-5-16-38-32)28-12-6-17-39-33(28)35)24-8-2-7-23(21-24)34(29-13-18-40-41-29)30-25(9-3-14-36-30)26-10-4-15-37-31(26)34;1-42-20-21-43(22-42)35(32-27(8-4-17-38-32)28-9-5-18-39-33(28)35)24-12-10-23(11-13-24)34(29-14-19-40-41-29)30-25(6-2-15-36-30)26-7-3-16-37-31(26)34;;/h2-20,22H,1H3;2-10,12-22H,1H3;;/q2*-3;;. The molecular formula is C70H46N16Pt2-6. The number of fused-ring (bicyclic) bond motifs is 12. The quantitative estimate of drug-likeness (QED) is 0.132. The third-order valence-electron chi connectivity index (χ3n) is 17.6. The van der Waals surface area contributed by atoms with Crippen LogP contribution in [0.3, 0.4) is 0 Å². The number of hydrogen-bond donors (Lipinski definition) is 0. The first-order chi connectivity index (χ1) is 42.5. The maximum atomic E-state index is 5.02. The van der Waals surface area contributed by atoms with Crippen molar-refractivity contribution in [3.63, 3.8) is 0 Å². The van der Waals surface area contributed by atoms with Crippen molar-refractivity contribution in [3.05, 3.63) is 337 Å². The summed E-state index contributed by atoms with van der Waals surface area (Å²) < 4.78 is 0. The Balaban J connectivity index is 0.000000144. The van der Waals surface area contributed by atoms with Crippen LogP contribution in [0.5, 0.6) is 0 Å². The Kier molecular flexibility index (Phi) is 13.0. The Hall–Kier alpha value is -9.88. The van der Waals surface area contributed by atoms with Crippen LogP contribution in [0.25, 0.3) is 44.5 Å². The molecule has 12 heterocycles. The first kappa shape index (κ1) is 54.7. The molecule has 0 N–H and O–H groups in total. The summed E-state index contributed by atoms with van der Waals surface area (Å²) in [4.78, 5) is 48.3.